The highest BCUT2D eigenvalue weighted by Gasteiger charge is 2.16. The van der Waals surface area contributed by atoms with E-state index in [2.05, 4.69) is 15.3 Å². The predicted octanol–water partition coefficient (Wildman–Crippen LogP) is 2.23. The van der Waals surface area contributed by atoms with Crippen LogP contribution >= 0.6 is 0 Å². The molecule has 3 rings (SSSR count). The second-order valence-electron chi connectivity index (χ2n) is 3.56. The normalized spacial score (nSPS) is 11.1. The number of halogens is 3. The van der Waals surface area contributed by atoms with E-state index >= 15 is 0 Å². The number of benzene rings is 1. The van der Waals surface area contributed by atoms with Crippen LogP contribution in [0.25, 0.3) is 16.9 Å². The minimum atomic E-state index is -1.38. The van der Waals surface area contributed by atoms with Crippen LogP contribution in [0, 0.1) is 17.6 Å². The molecule has 1 aromatic carbocycles. The van der Waals surface area contributed by atoms with E-state index in [9.17, 15) is 13.2 Å². The highest BCUT2D eigenvalue weighted by atomic mass is 19.2. The van der Waals surface area contributed by atoms with Gasteiger partial charge in [-0.1, -0.05) is 17.3 Å². The number of hydrogen-bond acceptors (Lipinski definition) is 3. The van der Waals surface area contributed by atoms with Gasteiger partial charge in [0.25, 0.3) is 5.95 Å². The van der Waals surface area contributed by atoms with Gasteiger partial charge in [0, 0.05) is 6.07 Å². The van der Waals surface area contributed by atoms with Gasteiger partial charge in [-0.25, -0.2) is 8.78 Å². The van der Waals surface area contributed by atoms with Gasteiger partial charge in [0.15, 0.2) is 17.5 Å². The molecule has 0 saturated heterocycles. The monoisotopic (exact) mass is 250 g/mol. The summed E-state index contributed by atoms with van der Waals surface area (Å²) < 4.78 is 40.4. The molecular weight excluding hydrogens is 245 g/mol. The number of aromatic nitrogens is 4. The first-order chi connectivity index (χ1) is 8.66. The first kappa shape index (κ1) is 10.7. The molecule has 90 valence electrons. The Hall–Kier alpha value is -2.44. The van der Waals surface area contributed by atoms with Crippen molar-refractivity contribution in [2.24, 2.45) is 0 Å². The molecule has 0 bridgehead atoms. The predicted molar refractivity (Wildman–Crippen MR) is 56.5 cm³/mol. The lowest BCUT2D eigenvalue weighted by atomic mass is 10.3. The summed E-state index contributed by atoms with van der Waals surface area (Å²) in [6.07, 6.45) is 0. The Morgan fingerprint density at radius 3 is 2.61 bits per heavy atom. The maximum absolute atomic E-state index is 13.6. The van der Waals surface area contributed by atoms with Gasteiger partial charge in [0.1, 0.15) is 5.52 Å². The minimum Gasteiger partial charge on any atom is -0.203 e. The fourth-order valence-corrected chi connectivity index (χ4v) is 1.61. The van der Waals surface area contributed by atoms with Gasteiger partial charge >= 0.3 is 0 Å². The molecule has 0 amide bonds. The SMILES string of the molecule is Fc1cc(F)c(-n2nnc3ccccc32)nc1F. The van der Waals surface area contributed by atoms with Crippen LogP contribution in [-0.4, -0.2) is 20.0 Å². The van der Waals surface area contributed by atoms with Crippen molar-refractivity contribution < 1.29 is 13.2 Å². The van der Waals surface area contributed by atoms with E-state index in [0.29, 0.717) is 17.1 Å². The van der Waals surface area contributed by atoms with Gasteiger partial charge < -0.3 is 0 Å². The number of hydrogen-bond donors (Lipinski definition) is 0. The lowest BCUT2D eigenvalue weighted by molar-refractivity contribution is 0.458. The summed E-state index contributed by atoms with van der Waals surface area (Å²) in [5.74, 6) is -4.17. The number of para-hydroxylation sites is 1. The van der Waals surface area contributed by atoms with Crippen molar-refractivity contribution in [3.8, 4) is 5.82 Å². The number of pyridine rings is 1. The Balaban J connectivity index is 2.29. The van der Waals surface area contributed by atoms with Crippen LogP contribution in [0.3, 0.4) is 0 Å². The van der Waals surface area contributed by atoms with Gasteiger partial charge in [-0.2, -0.15) is 14.1 Å². The third-order valence-corrected chi connectivity index (χ3v) is 2.42. The van der Waals surface area contributed by atoms with Crippen molar-refractivity contribution in [2.45, 2.75) is 0 Å². The number of nitrogens with zero attached hydrogens (tertiary/aromatic N) is 4. The summed E-state index contributed by atoms with van der Waals surface area (Å²) in [6, 6.07) is 7.14. The fourth-order valence-electron chi connectivity index (χ4n) is 1.61. The topological polar surface area (TPSA) is 43.6 Å². The lowest BCUT2D eigenvalue weighted by Crippen LogP contribution is -2.06. The van der Waals surface area contributed by atoms with E-state index in [1.165, 1.54) is 0 Å². The highest BCUT2D eigenvalue weighted by Crippen LogP contribution is 2.18. The molecular formula is C11H5F3N4. The van der Waals surface area contributed by atoms with E-state index in [1.54, 1.807) is 24.3 Å². The second kappa shape index (κ2) is 3.80. The van der Waals surface area contributed by atoms with Crippen LogP contribution in [0.4, 0.5) is 13.2 Å². The van der Waals surface area contributed by atoms with Crippen molar-refractivity contribution in [1.82, 2.24) is 20.0 Å². The van der Waals surface area contributed by atoms with Crippen molar-refractivity contribution in [1.29, 1.82) is 0 Å². The molecule has 0 unspecified atom stereocenters. The molecule has 7 heteroatoms. The summed E-state index contributed by atoms with van der Waals surface area (Å²) in [4.78, 5) is 3.21. The molecule has 0 spiro atoms. The van der Waals surface area contributed by atoms with Crippen molar-refractivity contribution in [2.75, 3.05) is 0 Å². The van der Waals surface area contributed by atoms with Crippen molar-refractivity contribution in [3.05, 3.63) is 47.9 Å². The summed E-state index contributed by atoms with van der Waals surface area (Å²) in [5, 5.41) is 7.45. The molecule has 4 nitrogen and oxygen atoms in total. The van der Waals surface area contributed by atoms with Crippen LogP contribution in [0.1, 0.15) is 0 Å². The average molecular weight is 250 g/mol. The van der Waals surface area contributed by atoms with Gasteiger partial charge in [0.05, 0.1) is 5.52 Å². The van der Waals surface area contributed by atoms with Crippen LogP contribution in [0.15, 0.2) is 30.3 Å². The molecule has 0 aliphatic rings. The Labute approximate surface area is 98.7 Å². The zero-order valence-electron chi connectivity index (χ0n) is 8.81. The molecule has 0 N–H and O–H groups in total. The molecule has 0 saturated carbocycles. The van der Waals surface area contributed by atoms with Gasteiger partial charge in [-0.3, -0.25) is 0 Å². The quantitative estimate of drug-likeness (QED) is 0.622. The molecule has 2 aromatic heterocycles. The third-order valence-electron chi connectivity index (χ3n) is 2.42. The molecule has 0 atom stereocenters. The molecule has 18 heavy (non-hydrogen) atoms. The summed E-state index contributed by atoms with van der Waals surface area (Å²) >= 11 is 0. The van der Waals surface area contributed by atoms with E-state index < -0.39 is 23.4 Å². The van der Waals surface area contributed by atoms with E-state index in [4.69, 9.17) is 0 Å². The maximum Gasteiger partial charge on any atom is 0.251 e. The van der Waals surface area contributed by atoms with Crippen LogP contribution in [0.2, 0.25) is 0 Å². The lowest BCUT2D eigenvalue weighted by Gasteiger charge is -2.03. The largest absolute Gasteiger partial charge is 0.251 e. The Bertz CT molecular complexity index is 738. The zero-order chi connectivity index (χ0) is 12.7. The fraction of sp³-hybridized carbons (Fsp3) is 0. The van der Waals surface area contributed by atoms with E-state index in [1.807, 2.05) is 0 Å². The smallest absolute Gasteiger partial charge is 0.203 e. The molecule has 2 heterocycles. The van der Waals surface area contributed by atoms with E-state index in [-0.39, 0.29) is 0 Å². The van der Waals surface area contributed by atoms with Gasteiger partial charge in [0.2, 0.25) is 0 Å². The van der Waals surface area contributed by atoms with Crippen LogP contribution in [0.5, 0.6) is 0 Å². The third kappa shape index (κ3) is 1.52. The summed E-state index contributed by atoms with van der Waals surface area (Å²) in [7, 11) is 0. The van der Waals surface area contributed by atoms with Gasteiger partial charge in [-0.05, 0) is 12.1 Å². The standard InChI is InChI=1S/C11H5F3N4/c12-6-5-7(13)11(15-10(6)14)18-9-4-2-1-3-8(9)16-17-18/h1-5H. The molecule has 0 aliphatic heterocycles. The first-order valence-corrected chi connectivity index (χ1v) is 4.99. The Morgan fingerprint density at radius 2 is 1.78 bits per heavy atom. The maximum atomic E-state index is 13.6. The zero-order valence-corrected chi connectivity index (χ0v) is 8.81. The Morgan fingerprint density at radius 1 is 1.00 bits per heavy atom. The van der Waals surface area contributed by atoms with Crippen LogP contribution in [-0.2, 0) is 0 Å². The van der Waals surface area contributed by atoms with Gasteiger partial charge in [-0.15, -0.1) is 5.10 Å². The Kier molecular flexibility index (Phi) is 2.26. The summed E-state index contributed by atoms with van der Waals surface area (Å²) in [5.41, 5.74) is 0.957. The molecule has 0 aliphatic carbocycles. The van der Waals surface area contributed by atoms with Crippen LogP contribution < -0.4 is 0 Å². The van der Waals surface area contributed by atoms with Crippen molar-refractivity contribution >= 4 is 11.0 Å². The average Bonchev–Trinajstić information content (AvgIpc) is 2.78. The second-order valence-corrected chi connectivity index (χ2v) is 3.56. The van der Waals surface area contributed by atoms with E-state index in [0.717, 1.165) is 4.68 Å². The molecule has 0 radical (unpaired) electrons. The summed E-state index contributed by atoms with van der Waals surface area (Å²) in [6.45, 7) is 0. The number of rotatable bonds is 1. The highest BCUT2D eigenvalue weighted by molar-refractivity contribution is 5.75. The molecule has 0 fully saturated rings. The van der Waals surface area contributed by atoms with Crippen molar-refractivity contribution in [3.63, 3.8) is 0 Å². The number of fused-ring (bicyclic) bond motifs is 1. The minimum absolute atomic E-state index is 0.425. The first-order valence-electron chi connectivity index (χ1n) is 4.99. The molecule has 3 aromatic rings.